The molecule has 0 fully saturated rings. The minimum Gasteiger partial charge on any atom is -0.360 e. The van der Waals surface area contributed by atoms with Gasteiger partial charge >= 0.3 is 0 Å². The molecule has 2 N–H and O–H groups in total. The van der Waals surface area contributed by atoms with Crippen molar-refractivity contribution in [2.45, 2.75) is 13.8 Å². The molecule has 2 aromatic carbocycles. The van der Waals surface area contributed by atoms with E-state index in [1.54, 1.807) is 55.5 Å². The third-order valence-corrected chi connectivity index (χ3v) is 4.20. The zero-order valence-corrected chi connectivity index (χ0v) is 14.9. The minimum atomic E-state index is -0.337. The number of nitrogens with zero attached hydrogens (tertiary/aromatic N) is 1. The molecule has 0 atom stereocenters. The van der Waals surface area contributed by atoms with Crippen LogP contribution in [0.2, 0.25) is 5.02 Å². The molecule has 3 rings (SSSR count). The average molecular weight is 370 g/mol. The summed E-state index contributed by atoms with van der Waals surface area (Å²) in [4.78, 5) is 24.5. The van der Waals surface area contributed by atoms with Gasteiger partial charge in [0.15, 0.2) is 5.82 Å². The van der Waals surface area contributed by atoms with Crippen molar-refractivity contribution in [2.75, 3.05) is 10.6 Å². The number of amides is 2. The molecule has 3 aromatic rings. The molecule has 0 unspecified atom stereocenters. The maximum atomic E-state index is 12.4. The summed E-state index contributed by atoms with van der Waals surface area (Å²) >= 11 is 6.06. The van der Waals surface area contributed by atoms with E-state index in [0.717, 1.165) is 5.56 Å². The van der Waals surface area contributed by atoms with E-state index in [2.05, 4.69) is 15.8 Å². The number of rotatable bonds is 4. The van der Waals surface area contributed by atoms with Gasteiger partial charge in [-0.15, -0.1) is 0 Å². The fourth-order valence-corrected chi connectivity index (χ4v) is 2.50. The smallest absolute Gasteiger partial charge is 0.256 e. The lowest BCUT2D eigenvalue weighted by molar-refractivity contribution is 0.101. The van der Waals surface area contributed by atoms with Gasteiger partial charge in [-0.1, -0.05) is 22.8 Å². The summed E-state index contributed by atoms with van der Waals surface area (Å²) in [6, 6.07) is 13.2. The van der Waals surface area contributed by atoms with Crippen molar-refractivity contribution in [3.63, 3.8) is 0 Å². The van der Waals surface area contributed by atoms with Crippen molar-refractivity contribution in [1.29, 1.82) is 0 Å². The van der Waals surface area contributed by atoms with Crippen LogP contribution in [0.4, 0.5) is 11.5 Å². The van der Waals surface area contributed by atoms with Gasteiger partial charge in [0, 0.05) is 27.9 Å². The van der Waals surface area contributed by atoms with Crippen LogP contribution in [-0.4, -0.2) is 17.0 Å². The van der Waals surface area contributed by atoms with E-state index in [4.69, 9.17) is 16.1 Å². The second kappa shape index (κ2) is 7.41. The second-order valence-electron chi connectivity index (χ2n) is 5.72. The van der Waals surface area contributed by atoms with Gasteiger partial charge in [-0.3, -0.25) is 9.59 Å². The summed E-state index contributed by atoms with van der Waals surface area (Å²) in [7, 11) is 0. The predicted molar refractivity (Wildman–Crippen MR) is 99.8 cm³/mol. The first-order valence-electron chi connectivity index (χ1n) is 7.85. The number of hydrogen-bond acceptors (Lipinski definition) is 4. The van der Waals surface area contributed by atoms with Gasteiger partial charge in [0.2, 0.25) is 0 Å². The van der Waals surface area contributed by atoms with E-state index in [1.807, 2.05) is 6.92 Å². The van der Waals surface area contributed by atoms with Gasteiger partial charge < -0.3 is 15.2 Å². The highest BCUT2D eigenvalue weighted by Gasteiger charge is 2.12. The lowest BCUT2D eigenvalue weighted by atomic mass is 10.1. The maximum Gasteiger partial charge on any atom is 0.256 e. The number of anilines is 2. The Morgan fingerprint density at radius 3 is 2.15 bits per heavy atom. The predicted octanol–water partition coefficient (Wildman–Crippen LogP) is 4.45. The first-order valence-corrected chi connectivity index (χ1v) is 8.23. The van der Waals surface area contributed by atoms with Gasteiger partial charge in [-0.25, -0.2) is 0 Å². The van der Waals surface area contributed by atoms with Crippen molar-refractivity contribution >= 4 is 34.9 Å². The summed E-state index contributed by atoms with van der Waals surface area (Å²) in [5, 5.41) is 9.72. The fraction of sp³-hybridized carbons (Fsp3) is 0.105. The topological polar surface area (TPSA) is 84.2 Å². The molecule has 0 aliphatic carbocycles. The first kappa shape index (κ1) is 17.7. The molecule has 1 heterocycles. The molecule has 2 amide bonds. The van der Waals surface area contributed by atoms with Crippen molar-refractivity contribution in [2.24, 2.45) is 0 Å². The van der Waals surface area contributed by atoms with Crippen LogP contribution in [0.1, 0.15) is 32.0 Å². The van der Waals surface area contributed by atoms with Crippen molar-refractivity contribution in [3.05, 3.63) is 76.0 Å². The van der Waals surface area contributed by atoms with Gasteiger partial charge in [0.25, 0.3) is 11.8 Å². The standard InChI is InChI=1S/C19H16ClN3O3/c1-11-10-17(23-26-11)22-19(25)14-8-6-13(7-9-14)18(24)21-16-5-3-4-15(20)12(16)2/h3-10H,1-2H3,(H,21,24)(H,22,23,25). The van der Waals surface area contributed by atoms with Crippen LogP contribution in [0.3, 0.4) is 0 Å². The summed E-state index contributed by atoms with van der Waals surface area (Å²) < 4.78 is 4.90. The van der Waals surface area contributed by atoms with E-state index in [9.17, 15) is 9.59 Å². The Balaban J connectivity index is 1.69. The Hall–Kier alpha value is -3.12. The van der Waals surface area contributed by atoms with E-state index >= 15 is 0 Å². The number of carbonyl (C=O) groups excluding carboxylic acids is 2. The molecule has 26 heavy (non-hydrogen) atoms. The Kier molecular flexibility index (Phi) is 5.04. The molecule has 0 aliphatic rings. The Morgan fingerprint density at radius 2 is 1.58 bits per heavy atom. The summed E-state index contributed by atoms with van der Waals surface area (Å²) in [5.74, 6) is 0.319. The second-order valence-corrected chi connectivity index (χ2v) is 6.13. The van der Waals surface area contributed by atoms with Crippen LogP contribution in [0.25, 0.3) is 0 Å². The molecule has 0 saturated heterocycles. The lowest BCUT2D eigenvalue weighted by Crippen LogP contribution is -2.15. The monoisotopic (exact) mass is 369 g/mol. The molecule has 0 spiro atoms. The van der Waals surface area contributed by atoms with E-state index < -0.39 is 0 Å². The minimum absolute atomic E-state index is 0.283. The fourth-order valence-electron chi connectivity index (χ4n) is 2.32. The quantitative estimate of drug-likeness (QED) is 0.711. The summed E-state index contributed by atoms with van der Waals surface area (Å²) in [5.41, 5.74) is 2.27. The van der Waals surface area contributed by atoms with Crippen LogP contribution in [0, 0.1) is 13.8 Å². The maximum absolute atomic E-state index is 12.4. The summed E-state index contributed by atoms with van der Waals surface area (Å²) in [6.07, 6.45) is 0. The van der Waals surface area contributed by atoms with Gasteiger partial charge in [-0.05, 0) is 55.8 Å². The third kappa shape index (κ3) is 3.92. The van der Waals surface area contributed by atoms with Gasteiger partial charge in [0.05, 0.1) is 0 Å². The lowest BCUT2D eigenvalue weighted by Gasteiger charge is -2.10. The molecule has 0 aliphatic heterocycles. The van der Waals surface area contributed by atoms with Crippen LogP contribution >= 0.6 is 11.6 Å². The SMILES string of the molecule is Cc1cc(NC(=O)c2ccc(C(=O)Nc3cccc(Cl)c3C)cc2)no1. The molecular weight excluding hydrogens is 354 g/mol. The number of halogens is 1. The highest BCUT2D eigenvalue weighted by atomic mass is 35.5. The van der Waals surface area contributed by atoms with Crippen LogP contribution in [-0.2, 0) is 0 Å². The number of carbonyl (C=O) groups is 2. The zero-order valence-electron chi connectivity index (χ0n) is 14.2. The van der Waals surface area contributed by atoms with Crippen LogP contribution in [0.5, 0.6) is 0 Å². The van der Waals surface area contributed by atoms with Gasteiger partial charge in [0.1, 0.15) is 5.76 Å². The Labute approximate surface area is 155 Å². The van der Waals surface area contributed by atoms with Gasteiger partial charge in [-0.2, -0.15) is 0 Å². The van der Waals surface area contributed by atoms with E-state index in [1.165, 1.54) is 0 Å². The van der Waals surface area contributed by atoms with Crippen molar-refractivity contribution < 1.29 is 14.1 Å². The summed E-state index contributed by atoms with van der Waals surface area (Å²) in [6.45, 7) is 3.56. The largest absolute Gasteiger partial charge is 0.360 e. The Bertz CT molecular complexity index is 964. The number of aryl methyl sites for hydroxylation is 1. The molecule has 1 aromatic heterocycles. The number of nitrogens with one attached hydrogen (secondary N) is 2. The molecule has 0 saturated carbocycles. The van der Waals surface area contributed by atoms with Crippen molar-refractivity contribution in [3.8, 4) is 0 Å². The van der Waals surface area contributed by atoms with Crippen molar-refractivity contribution in [1.82, 2.24) is 5.16 Å². The normalized spacial score (nSPS) is 10.4. The molecule has 0 radical (unpaired) electrons. The Morgan fingerprint density at radius 1 is 0.962 bits per heavy atom. The third-order valence-electron chi connectivity index (χ3n) is 3.79. The average Bonchev–Trinajstić information content (AvgIpc) is 3.04. The van der Waals surface area contributed by atoms with Crippen LogP contribution < -0.4 is 10.6 Å². The van der Waals surface area contributed by atoms with E-state index in [-0.39, 0.29) is 11.8 Å². The first-order chi connectivity index (χ1) is 12.4. The molecule has 6 nitrogen and oxygen atoms in total. The highest BCUT2D eigenvalue weighted by molar-refractivity contribution is 6.31. The molecule has 0 bridgehead atoms. The van der Waals surface area contributed by atoms with E-state index in [0.29, 0.717) is 33.4 Å². The zero-order chi connectivity index (χ0) is 18.7. The number of hydrogen-bond donors (Lipinski definition) is 2. The molecular formula is C19H16ClN3O3. The number of benzene rings is 2. The highest BCUT2D eigenvalue weighted by Crippen LogP contribution is 2.23. The van der Waals surface area contributed by atoms with Crippen LogP contribution in [0.15, 0.2) is 53.1 Å². The number of aromatic nitrogens is 1. The molecule has 7 heteroatoms. The molecule has 132 valence electrons.